The molecule has 0 aromatic carbocycles. The molecule has 2 fully saturated rings. The summed E-state index contributed by atoms with van der Waals surface area (Å²) in [6.45, 7) is -0.0137. The van der Waals surface area contributed by atoms with Crippen LogP contribution in [0.4, 0.5) is 4.79 Å². The monoisotopic (exact) mass is 343 g/mol. The molecule has 1 aliphatic carbocycles. The number of fused-ring (bicyclic) bond motifs is 1. The molecule has 2 aliphatic rings. The molecule has 2 aromatic heterocycles. The van der Waals surface area contributed by atoms with Crippen LogP contribution in [0, 0.1) is 0 Å². The quantitative estimate of drug-likeness (QED) is 0.585. The maximum atomic E-state index is 12.5. The number of carbonyl (C=O) groups excluding carboxylic acids is 3. The normalized spacial score (nSPS) is 19.0. The summed E-state index contributed by atoms with van der Waals surface area (Å²) in [6.07, 6.45) is 4.98. The van der Waals surface area contributed by atoms with Gasteiger partial charge in [-0.1, -0.05) is 18.9 Å². The van der Waals surface area contributed by atoms with Crippen LogP contribution < -0.4 is 5.69 Å². The number of pyridine rings is 1. The van der Waals surface area contributed by atoms with Crippen LogP contribution in [0.1, 0.15) is 25.7 Å². The molecule has 2 aromatic rings. The smallest absolute Gasteiger partial charge is 0.263 e. The number of amides is 4. The number of hydrogen-bond donors (Lipinski definition) is 0. The molecular weight excluding hydrogens is 326 g/mol. The minimum atomic E-state index is -0.825. The van der Waals surface area contributed by atoms with Gasteiger partial charge >= 0.3 is 23.5 Å². The van der Waals surface area contributed by atoms with Crippen molar-refractivity contribution in [3.8, 4) is 0 Å². The maximum absolute atomic E-state index is 12.5. The highest BCUT2D eigenvalue weighted by Crippen LogP contribution is 2.27. The van der Waals surface area contributed by atoms with Gasteiger partial charge in [-0.25, -0.2) is 14.3 Å². The van der Waals surface area contributed by atoms with Crippen molar-refractivity contribution in [2.75, 3.05) is 6.54 Å². The third-order valence-corrected chi connectivity index (χ3v) is 4.80. The molecule has 9 nitrogen and oxygen atoms in total. The summed E-state index contributed by atoms with van der Waals surface area (Å²) in [4.78, 5) is 51.0. The van der Waals surface area contributed by atoms with Gasteiger partial charge in [0.15, 0.2) is 5.65 Å². The lowest BCUT2D eigenvalue weighted by Crippen LogP contribution is -2.40. The van der Waals surface area contributed by atoms with Gasteiger partial charge in [0.1, 0.15) is 0 Å². The molecule has 130 valence electrons. The fourth-order valence-corrected chi connectivity index (χ4v) is 3.51. The van der Waals surface area contributed by atoms with Gasteiger partial charge in [-0.3, -0.25) is 23.8 Å². The first kappa shape index (κ1) is 15.6. The molecule has 0 atom stereocenters. The molecule has 1 saturated heterocycles. The molecule has 0 N–H and O–H groups in total. The number of carbonyl (C=O) groups is 3. The molecule has 25 heavy (non-hydrogen) atoms. The average Bonchev–Trinajstić information content (AvgIpc) is 3.28. The van der Waals surface area contributed by atoms with Gasteiger partial charge in [0, 0.05) is 12.2 Å². The number of urea groups is 1. The second kappa shape index (κ2) is 5.83. The molecule has 3 heterocycles. The Labute approximate surface area is 142 Å². The second-order valence-corrected chi connectivity index (χ2v) is 6.29. The highest BCUT2D eigenvalue weighted by molar-refractivity contribution is 6.44. The molecule has 0 spiro atoms. The van der Waals surface area contributed by atoms with Gasteiger partial charge in [-0.15, -0.1) is 5.10 Å². The van der Waals surface area contributed by atoms with Crippen molar-refractivity contribution >= 4 is 23.5 Å². The van der Waals surface area contributed by atoms with E-state index in [1.165, 1.54) is 9.08 Å². The molecule has 4 amide bonds. The van der Waals surface area contributed by atoms with Crippen molar-refractivity contribution in [3.63, 3.8) is 0 Å². The van der Waals surface area contributed by atoms with E-state index in [1.54, 1.807) is 24.4 Å². The highest BCUT2D eigenvalue weighted by Gasteiger charge is 2.47. The van der Waals surface area contributed by atoms with Gasteiger partial charge in [0.05, 0.1) is 13.1 Å². The van der Waals surface area contributed by atoms with E-state index in [2.05, 4.69) is 5.10 Å². The largest absolute Gasteiger partial charge is 0.350 e. The summed E-state index contributed by atoms with van der Waals surface area (Å²) >= 11 is 0. The number of hydrogen-bond acceptors (Lipinski definition) is 5. The standard InChI is InChI=1S/C16H17N5O4/c22-13-14(23)21(11-5-1-2-6-11)16(25)19(13)9-10-20-15(24)18-8-4-3-7-12(18)17-20/h3-4,7-8,11H,1-2,5-6,9-10H2. The number of rotatable bonds is 4. The molecule has 1 aliphatic heterocycles. The van der Waals surface area contributed by atoms with Crippen LogP contribution in [0.15, 0.2) is 29.2 Å². The van der Waals surface area contributed by atoms with Crippen LogP contribution in [0.5, 0.6) is 0 Å². The van der Waals surface area contributed by atoms with Gasteiger partial charge < -0.3 is 0 Å². The summed E-state index contributed by atoms with van der Waals surface area (Å²) in [5.74, 6) is -1.59. The van der Waals surface area contributed by atoms with Crippen molar-refractivity contribution < 1.29 is 14.4 Å². The van der Waals surface area contributed by atoms with E-state index in [1.807, 2.05) is 0 Å². The summed E-state index contributed by atoms with van der Waals surface area (Å²) in [7, 11) is 0. The SMILES string of the molecule is O=C1C(=O)N(C2CCCC2)C(=O)N1CCn1nc2ccccn2c1=O. The van der Waals surface area contributed by atoms with Crippen LogP contribution in [-0.4, -0.2) is 54.4 Å². The average molecular weight is 343 g/mol. The Morgan fingerprint density at radius 2 is 1.76 bits per heavy atom. The van der Waals surface area contributed by atoms with Crippen LogP contribution in [-0.2, 0) is 16.1 Å². The first-order valence-electron chi connectivity index (χ1n) is 8.31. The Morgan fingerprint density at radius 3 is 2.48 bits per heavy atom. The van der Waals surface area contributed by atoms with Gasteiger partial charge in [0.25, 0.3) is 0 Å². The Kier molecular flexibility index (Phi) is 3.63. The van der Waals surface area contributed by atoms with Crippen molar-refractivity contribution in [2.24, 2.45) is 0 Å². The van der Waals surface area contributed by atoms with Crippen LogP contribution in [0.3, 0.4) is 0 Å². The van der Waals surface area contributed by atoms with Gasteiger partial charge in [-0.2, -0.15) is 0 Å². The summed E-state index contributed by atoms with van der Waals surface area (Å²) in [5, 5.41) is 4.16. The van der Waals surface area contributed by atoms with E-state index < -0.39 is 17.8 Å². The van der Waals surface area contributed by atoms with Crippen molar-refractivity contribution in [1.82, 2.24) is 24.0 Å². The van der Waals surface area contributed by atoms with E-state index in [9.17, 15) is 19.2 Å². The van der Waals surface area contributed by atoms with Crippen LogP contribution in [0.2, 0.25) is 0 Å². The summed E-state index contributed by atoms with van der Waals surface area (Å²) < 4.78 is 2.57. The van der Waals surface area contributed by atoms with Crippen molar-refractivity contribution in [3.05, 3.63) is 34.9 Å². The van der Waals surface area contributed by atoms with E-state index in [4.69, 9.17) is 0 Å². The van der Waals surface area contributed by atoms with E-state index in [0.717, 1.165) is 35.5 Å². The Balaban J connectivity index is 1.53. The fraction of sp³-hybridized carbons (Fsp3) is 0.438. The van der Waals surface area contributed by atoms with Crippen LogP contribution >= 0.6 is 0 Å². The minimum Gasteiger partial charge on any atom is -0.263 e. The number of imide groups is 2. The van der Waals surface area contributed by atoms with E-state index in [-0.39, 0.29) is 24.8 Å². The third-order valence-electron chi connectivity index (χ3n) is 4.80. The first-order valence-corrected chi connectivity index (χ1v) is 8.31. The Bertz CT molecular complexity index is 924. The molecule has 4 rings (SSSR count). The molecule has 0 bridgehead atoms. The Hall–Kier alpha value is -2.97. The van der Waals surface area contributed by atoms with Gasteiger partial charge in [-0.05, 0) is 25.0 Å². The number of aromatic nitrogens is 3. The number of nitrogens with zero attached hydrogens (tertiary/aromatic N) is 5. The molecule has 1 saturated carbocycles. The lowest BCUT2D eigenvalue weighted by atomic mass is 10.2. The zero-order valence-electron chi connectivity index (χ0n) is 13.5. The van der Waals surface area contributed by atoms with Gasteiger partial charge in [0.2, 0.25) is 0 Å². The fourth-order valence-electron chi connectivity index (χ4n) is 3.51. The Morgan fingerprint density at radius 1 is 1.00 bits per heavy atom. The van der Waals surface area contributed by atoms with Crippen molar-refractivity contribution in [2.45, 2.75) is 38.3 Å². The van der Waals surface area contributed by atoms with E-state index in [0.29, 0.717) is 5.65 Å². The molecule has 0 radical (unpaired) electrons. The predicted octanol–water partition coefficient (Wildman–Crippen LogP) is 0.229. The zero-order chi connectivity index (χ0) is 17.6. The van der Waals surface area contributed by atoms with Crippen LogP contribution in [0.25, 0.3) is 5.65 Å². The lowest BCUT2D eigenvalue weighted by molar-refractivity contribution is -0.144. The lowest BCUT2D eigenvalue weighted by Gasteiger charge is -2.20. The maximum Gasteiger partial charge on any atom is 0.350 e. The minimum absolute atomic E-state index is 0.0454. The second-order valence-electron chi connectivity index (χ2n) is 6.29. The summed E-state index contributed by atoms with van der Waals surface area (Å²) in [5.41, 5.74) is 0.129. The molecule has 0 unspecified atom stereocenters. The topological polar surface area (TPSA) is 97.0 Å². The molecular formula is C16H17N5O4. The highest BCUT2D eigenvalue weighted by atomic mass is 16.2. The third kappa shape index (κ3) is 2.43. The van der Waals surface area contributed by atoms with E-state index >= 15 is 0 Å². The zero-order valence-corrected chi connectivity index (χ0v) is 13.5. The summed E-state index contributed by atoms with van der Waals surface area (Å²) in [6, 6.07) is 4.39. The van der Waals surface area contributed by atoms with Crippen molar-refractivity contribution in [1.29, 1.82) is 0 Å². The predicted molar refractivity (Wildman–Crippen MR) is 85.7 cm³/mol. The first-order chi connectivity index (χ1) is 12.1. The molecule has 9 heteroatoms.